The molecule has 1 amide bonds. The number of para-hydroxylation sites is 1. The van der Waals surface area contributed by atoms with Gasteiger partial charge in [0.15, 0.2) is 0 Å². The number of carbonyl (C=O) groups excluding carboxylic acids is 1. The molecule has 188 valence electrons. The van der Waals surface area contributed by atoms with E-state index in [9.17, 15) is 15.0 Å². The van der Waals surface area contributed by atoms with E-state index in [-0.39, 0.29) is 23.8 Å². The number of rotatable bonds is 9. The molecular weight excluding hydrogens is 432 g/mol. The van der Waals surface area contributed by atoms with Gasteiger partial charge in [-0.25, -0.2) is 0 Å². The van der Waals surface area contributed by atoms with Crippen LogP contribution in [0.3, 0.4) is 0 Å². The zero-order valence-corrected chi connectivity index (χ0v) is 20.5. The number of piperidine rings is 1. The van der Waals surface area contributed by atoms with Crippen molar-refractivity contribution in [2.24, 2.45) is 17.6 Å². The standard InChI is InChI=1S/C27H40N2O5/c1-3-21-14-18-8-6-10-22(25(18)34-21)27(32,11-4-5-13-33-2)20-9-7-12-29(17-20)26(31)19-15-23(28)24(30)16-19/h6,8,10,14,19-20,23-24,30,32H,3-5,7,9,11-13,15-17,28H2,1-2H3/t19-,20+,23+,24-,27-/m0/s1. The molecule has 4 rings (SSSR count). The largest absolute Gasteiger partial charge is 0.461 e. The van der Waals surface area contributed by atoms with Crippen molar-refractivity contribution in [3.8, 4) is 0 Å². The van der Waals surface area contributed by atoms with Gasteiger partial charge in [-0.2, -0.15) is 0 Å². The maximum absolute atomic E-state index is 13.3. The topological polar surface area (TPSA) is 109 Å². The van der Waals surface area contributed by atoms with E-state index in [0.29, 0.717) is 39.0 Å². The van der Waals surface area contributed by atoms with Crippen molar-refractivity contribution in [3.05, 3.63) is 35.6 Å². The number of nitrogens with zero attached hydrogens (tertiary/aromatic N) is 1. The minimum atomic E-state index is -1.11. The molecule has 7 heteroatoms. The summed E-state index contributed by atoms with van der Waals surface area (Å²) in [5.74, 6) is 0.622. The second kappa shape index (κ2) is 10.8. The molecule has 1 aliphatic carbocycles. The number of furan rings is 1. The van der Waals surface area contributed by atoms with Crippen LogP contribution in [-0.2, 0) is 21.6 Å². The highest BCUT2D eigenvalue weighted by atomic mass is 16.5. The number of hydrogen-bond donors (Lipinski definition) is 3. The Morgan fingerprint density at radius 3 is 2.85 bits per heavy atom. The van der Waals surface area contributed by atoms with E-state index >= 15 is 0 Å². The van der Waals surface area contributed by atoms with Crippen molar-refractivity contribution in [1.29, 1.82) is 0 Å². The summed E-state index contributed by atoms with van der Waals surface area (Å²) in [5, 5.41) is 23.4. The van der Waals surface area contributed by atoms with Gasteiger partial charge in [0.2, 0.25) is 5.91 Å². The number of methoxy groups -OCH3 is 1. The van der Waals surface area contributed by atoms with Crippen LogP contribution >= 0.6 is 0 Å². The fraction of sp³-hybridized carbons (Fsp3) is 0.667. The van der Waals surface area contributed by atoms with Crippen molar-refractivity contribution in [1.82, 2.24) is 4.90 Å². The Bertz CT molecular complexity index is 965. The third-order valence-corrected chi connectivity index (χ3v) is 7.90. The molecule has 2 fully saturated rings. The van der Waals surface area contributed by atoms with Crippen LogP contribution in [-0.4, -0.2) is 60.0 Å². The maximum Gasteiger partial charge on any atom is 0.225 e. The van der Waals surface area contributed by atoms with Gasteiger partial charge in [0.05, 0.1) is 11.7 Å². The summed E-state index contributed by atoms with van der Waals surface area (Å²) < 4.78 is 11.4. The van der Waals surface area contributed by atoms with E-state index in [0.717, 1.165) is 54.4 Å². The molecule has 1 aliphatic heterocycles. The number of benzene rings is 1. The number of amides is 1. The molecule has 1 saturated carbocycles. The molecule has 7 nitrogen and oxygen atoms in total. The average Bonchev–Trinajstić information content (AvgIpc) is 3.43. The molecule has 1 saturated heterocycles. The number of aliphatic hydroxyl groups is 2. The minimum Gasteiger partial charge on any atom is -0.461 e. The molecule has 5 atom stereocenters. The number of unbranched alkanes of at least 4 members (excludes halogenated alkanes) is 1. The number of nitrogens with two attached hydrogens (primary N) is 1. The molecule has 0 bridgehead atoms. The first-order valence-electron chi connectivity index (χ1n) is 12.8. The van der Waals surface area contributed by atoms with Crippen LogP contribution in [0.4, 0.5) is 0 Å². The van der Waals surface area contributed by atoms with Gasteiger partial charge in [0.25, 0.3) is 0 Å². The number of likely N-dealkylation sites (tertiary alicyclic amines) is 1. The minimum absolute atomic E-state index is 0.0582. The maximum atomic E-state index is 13.3. The Morgan fingerprint density at radius 1 is 1.32 bits per heavy atom. The van der Waals surface area contributed by atoms with Gasteiger partial charge in [0.1, 0.15) is 11.3 Å². The predicted octanol–water partition coefficient (Wildman–Crippen LogP) is 3.34. The third-order valence-electron chi connectivity index (χ3n) is 7.90. The quantitative estimate of drug-likeness (QED) is 0.483. The fourth-order valence-electron chi connectivity index (χ4n) is 5.91. The van der Waals surface area contributed by atoms with Crippen LogP contribution in [0.5, 0.6) is 0 Å². The highest BCUT2D eigenvalue weighted by Crippen LogP contribution is 2.43. The first-order chi connectivity index (χ1) is 16.4. The Labute approximate surface area is 202 Å². The molecule has 0 spiro atoms. The molecule has 2 aromatic rings. The van der Waals surface area contributed by atoms with Crippen molar-refractivity contribution in [2.45, 2.75) is 76.0 Å². The summed E-state index contributed by atoms with van der Waals surface area (Å²) in [6.45, 7) is 3.90. The lowest BCUT2D eigenvalue weighted by atomic mass is 9.73. The number of aryl methyl sites for hydroxylation is 1. The van der Waals surface area contributed by atoms with Gasteiger partial charge in [-0.3, -0.25) is 4.79 Å². The molecule has 0 radical (unpaired) electrons. The lowest BCUT2D eigenvalue weighted by molar-refractivity contribution is -0.141. The van der Waals surface area contributed by atoms with Crippen molar-refractivity contribution < 1.29 is 24.2 Å². The van der Waals surface area contributed by atoms with E-state index in [1.165, 1.54) is 0 Å². The van der Waals surface area contributed by atoms with Crippen molar-refractivity contribution >= 4 is 16.9 Å². The van der Waals surface area contributed by atoms with Gasteiger partial charge >= 0.3 is 0 Å². The van der Waals surface area contributed by atoms with Crippen LogP contribution < -0.4 is 5.73 Å². The molecular formula is C27H40N2O5. The SMILES string of the molecule is CCc1cc2cccc([C@](O)(CCCCOC)[C@@H]3CCCN(C(=O)[C@H]4C[C@@H](N)[C@@H](O)C4)C3)c2o1. The molecule has 2 aliphatic rings. The average molecular weight is 473 g/mol. The summed E-state index contributed by atoms with van der Waals surface area (Å²) in [6.07, 6.45) is 5.07. The van der Waals surface area contributed by atoms with E-state index in [4.69, 9.17) is 14.9 Å². The highest BCUT2D eigenvalue weighted by molar-refractivity contribution is 5.82. The van der Waals surface area contributed by atoms with Crippen LogP contribution in [0.25, 0.3) is 11.0 Å². The van der Waals surface area contributed by atoms with Crippen LogP contribution in [0.2, 0.25) is 0 Å². The molecule has 1 aromatic heterocycles. The number of carbonyl (C=O) groups is 1. The Kier molecular flexibility index (Phi) is 7.97. The smallest absolute Gasteiger partial charge is 0.225 e. The monoisotopic (exact) mass is 472 g/mol. The van der Waals surface area contributed by atoms with Gasteiger partial charge in [0, 0.05) is 62.1 Å². The van der Waals surface area contributed by atoms with Gasteiger partial charge in [-0.05, 0) is 51.0 Å². The second-order valence-electron chi connectivity index (χ2n) is 10.2. The highest BCUT2D eigenvalue weighted by Gasteiger charge is 2.44. The van der Waals surface area contributed by atoms with Crippen LogP contribution in [0.1, 0.15) is 63.2 Å². The number of fused-ring (bicyclic) bond motifs is 1. The van der Waals surface area contributed by atoms with Crippen LogP contribution in [0.15, 0.2) is 28.7 Å². The number of ether oxygens (including phenoxy) is 1. The Hall–Kier alpha value is -1.93. The van der Waals surface area contributed by atoms with E-state index < -0.39 is 11.7 Å². The van der Waals surface area contributed by atoms with Crippen molar-refractivity contribution in [2.75, 3.05) is 26.8 Å². The number of hydrogen-bond acceptors (Lipinski definition) is 6. The molecule has 0 unspecified atom stereocenters. The molecule has 34 heavy (non-hydrogen) atoms. The van der Waals surface area contributed by atoms with Crippen LogP contribution in [0, 0.1) is 11.8 Å². The summed E-state index contributed by atoms with van der Waals surface area (Å²) in [4.78, 5) is 15.2. The fourth-order valence-corrected chi connectivity index (χ4v) is 5.91. The van der Waals surface area contributed by atoms with Crippen molar-refractivity contribution in [3.63, 3.8) is 0 Å². The zero-order valence-electron chi connectivity index (χ0n) is 20.5. The lowest BCUT2D eigenvalue weighted by Gasteiger charge is -2.43. The van der Waals surface area contributed by atoms with E-state index in [1.807, 2.05) is 23.1 Å². The van der Waals surface area contributed by atoms with Gasteiger partial charge < -0.3 is 30.0 Å². The summed E-state index contributed by atoms with van der Waals surface area (Å²) in [6, 6.07) is 7.71. The predicted molar refractivity (Wildman–Crippen MR) is 131 cm³/mol. The van der Waals surface area contributed by atoms with E-state index in [1.54, 1.807) is 7.11 Å². The normalized spacial score (nSPS) is 27.3. The second-order valence-corrected chi connectivity index (χ2v) is 10.2. The summed E-state index contributed by atoms with van der Waals surface area (Å²) >= 11 is 0. The third kappa shape index (κ3) is 5.03. The molecule has 4 N–H and O–H groups in total. The first-order valence-corrected chi connectivity index (χ1v) is 12.8. The van der Waals surface area contributed by atoms with Gasteiger partial charge in [-0.1, -0.05) is 25.1 Å². The lowest BCUT2D eigenvalue weighted by Crippen LogP contribution is -2.49. The molecule has 1 aromatic carbocycles. The first kappa shape index (κ1) is 25.2. The zero-order chi connectivity index (χ0) is 24.3. The summed E-state index contributed by atoms with van der Waals surface area (Å²) in [7, 11) is 1.69. The van der Waals surface area contributed by atoms with Gasteiger partial charge in [-0.15, -0.1) is 0 Å². The Balaban J connectivity index is 1.61. The van der Waals surface area contributed by atoms with E-state index in [2.05, 4.69) is 13.0 Å². The Morgan fingerprint density at radius 2 is 2.15 bits per heavy atom. The number of aliphatic hydroxyl groups excluding tert-OH is 1. The molecule has 2 heterocycles. The summed E-state index contributed by atoms with van der Waals surface area (Å²) in [5.41, 5.74) is 6.43.